The number of rotatable bonds is 5. The van der Waals surface area contributed by atoms with Gasteiger partial charge in [-0.1, -0.05) is 0 Å². The van der Waals surface area contributed by atoms with Crippen LogP contribution in [-0.2, 0) is 11.3 Å². The van der Waals surface area contributed by atoms with Crippen LogP contribution >= 0.6 is 11.3 Å². The van der Waals surface area contributed by atoms with E-state index in [1.807, 2.05) is 19.9 Å². The molecule has 2 heterocycles. The lowest BCUT2D eigenvalue weighted by Gasteiger charge is -2.06. The van der Waals surface area contributed by atoms with Crippen molar-refractivity contribution in [1.82, 2.24) is 9.88 Å². The molecule has 0 saturated carbocycles. The Morgan fingerprint density at radius 2 is 2.25 bits per heavy atom. The summed E-state index contributed by atoms with van der Waals surface area (Å²) >= 11 is 1.47. The molecule has 5 nitrogen and oxygen atoms in total. The van der Waals surface area contributed by atoms with Gasteiger partial charge in [0.25, 0.3) is 11.5 Å². The Kier molecular flexibility index (Phi) is 4.57. The van der Waals surface area contributed by atoms with Gasteiger partial charge < -0.3 is 14.6 Å². The Hall–Kier alpha value is -1.66. The molecule has 2 aromatic heterocycles. The Bertz CT molecular complexity index is 688. The predicted molar refractivity (Wildman–Crippen MR) is 80.7 cm³/mol. The molecule has 0 saturated heterocycles. The number of hydrogen-bond donors (Lipinski definition) is 1. The highest BCUT2D eigenvalue weighted by Gasteiger charge is 2.19. The second-order valence-corrected chi connectivity index (χ2v) is 5.68. The van der Waals surface area contributed by atoms with E-state index in [4.69, 9.17) is 4.74 Å². The maximum absolute atomic E-state index is 12.4. The maximum Gasteiger partial charge on any atom is 0.260 e. The summed E-state index contributed by atoms with van der Waals surface area (Å²) in [6.45, 7) is 5.25. The van der Waals surface area contributed by atoms with E-state index in [0.29, 0.717) is 30.6 Å². The molecule has 6 heteroatoms. The van der Waals surface area contributed by atoms with Crippen molar-refractivity contribution in [3.63, 3.8) is 0 Å². The summed E-state index contributed by atoms with van der Waals surface area (Å²) in [7, 11) is 1.58. The monoisotopic (exact) mass is 294 g/mol. The molecular formula is C14H18N2O3S. The Balaban J connectivity index is 2.49. The number of carbonyl (C=O) groups is 1. The second kappa shape index (κ2) is 6.19. The van der Waals surface area contributed by atoms with Crippen molar-refractivity contribution in [2.45, 2.75) is 20.4 Å². The summed E-state index contributed by atoms with van der Waals surface area (Å²) < 4.78 is 7.38. The average Bonchev–Trinajstić information content (AvgIpc) is 2.76. The van der Waals surface area contributed by atoms with Crippen molar-refractivity contribution < 1.29 is 9.53 Å². The first kappa shape index (κ1) is 14.7. The summed E-state index contributed by atoms with van der Waals surface area (Å²) in [4.78, 5) is 25.5. The van der Waals surface area contributed by atoms with Crippen LogP contribution in [0.2, 0.25) is 0 Å². The maximum atomic E-state index is 12.4. The van der Waals surface area contributed by atoms with E-state index in [0.717, 1.165) is 9.58 Å². The van der Waals surface area contributed by atoms with Gasteiger partial charge in [-0.25, -0.2) is 0 Å². The summed E-state index contributed by atoms with van der Waals surface area (Å²) in [6.07, 6.45) is 1.77. The van der Waals surface area contributed by atoms with Crippen molar-refractivity contribution in [3.05, 3.63) is 33.1 Å². The number of pyridine rings is 1. The first-order valence-corrected chi connectivity index (χ1v) is 7.31. The number of methoxy groups -OCH3 is 1. The number of aryl methyl sites for hydroxylation is 2. The smallest absolute Gasteiger partial charge is 0.260 e. The summed E-state index contributed by atoms with van der Waals surface area (Å²) in [6, 6.07) is 1.89. The Morgan fingerprint density at radius 1 is 1.50 bits per heavy atom. The van der Waals surface area contributed by atoms with E-state index in [-0.39, 0.29) is 11.5 Å². The number of carbonyl (C=O) groups excluding carboxylic acids is 1. The molecule has 0 aliphatic carbocycles. The number of ether oxygens (including phenoxy) is 1. The zero-order chi connectivity index (χ0) is 14.7. The van der Waals surface area contributed by atoms with E-state index in [1.54, 1.807) is 17.9 Å². The third-order valence-corrected chi connectivity index (χ3v) is 4.22. The van der Waals surface area contributed by atoms with Crippen molar-refractivity contribution in [3.8, 4) is 0 Å². The highest BCUT2D eigenvalue weighted by molar-refractivity contribution is 7.19. The molecule has 2 aromatic rings. The van der Waals surface area contributed by atoms with Gasteiger partial charge >= 0.3 is 0 Å². The van der Waals surface area contributed by atoms with Gasteiger partial charge in [0.15, 0.2) is 0 Å². The number of nitrogens with zero attached hydrogens (tertiary/aromatic N) is 1. The van der Waals surface area contributed by atoms with Crippen LogP contribution in [0.15, 0.2) is 17.1 Å². The molecule has 0 radical (unpaired) electrons. The normalized spacial score (nSPS) is 10.9. The first-order valence-electron chi connectivity index (χ1n) is 6.49. The van der Waals surface area contributed by atoms with Crippen molar-refractivity contribution >= 4 is 27.3 Å². The molecule has 1 amide bonds. The Labute approximate surface area is 121 Å². The fourth-order valence-corrected chi connectivity index (χ4v) is 3.19. The minimum Gasteiger partial charge on any atom is -0.383 e. The molecule has 0 spiro atoms. The van der Waals surface area contributed by atoms with Gasteiger partial charge in [0, 0.05) is 36.0 Å². The van der Waals surface area contributed by atoms with Crippen LogP contribution in [0.3, 0.4) is 0 Å². The van der Waals surface area contributed by atoms with Gasteiger partial charge in [-0.15, -0.1) is 11.3 Å². The number of amides is 1. The number of thiophene rings is 1. The second-order valence-electron chi connectivity index (χ2n) is 4.43. The molecule has 0 aromatic carbocycles. The fraction of sp³-hybridized carbons (Fsp3) is 0.429. The quantitative estimate of drug-likeness (QED) is 0.855. The van der Waals surface area contributed by atoms with Crippen LogP contribution in [0, 0.1) is 6.92 Å². The number of nitrogens with one attached hydrogen (secondary N) is 1. The molecule has 108 valence electrons. The highest BCUT2D eigenvalue weighted by atomic mass is 32.1. The van der Waals surface area contributed by atoms with E-state index in [9.17, 15) is 9.59 Å². The summed E-state index contributed by atoms with van der Waals surface area (Å²) in [5, 5.41) is 3.30. The van der Waals surface area contributed by atoms with Crippen LogP contribution in [0.5, 0.6) is 0 Å². The largest absolute Gasteiger partial charge is 0.383 e. The Morgan fingerprint density at radius 3 is 2.90 bits per heavy atom. The molecule has 0 fully saturated rings. The van der Waals surface area contributed by atoms with Crippen molar-refractivity contribution in [2.24, 2.45) is 0 Å². The number of hydrogen-bond acceptors (Lipinski definition) is 4. The molecule has 0 unspecified atom stereocenters. The van der Waals surface area contributed by atoms with E-state index in [1.165, 1.54) is 11.3 Å². The molecule has 0 bridgehead atoms. The van der Waals surface area contributed by atoms with Crippen LogP contribution in [-0.4, -0.2) is 30.7 Å². The van der Waals surface area contributed by atoms with Gasteiger partial charge in [0.05, 0.1) is 17.6 Å². The molecular weight excluding hydrogens is 276 g/mol. The standard InChI is InChI=1S/C14H18N2O3S/c1-4-16-7-5-10-12(14(16)18)11(9(2)20-10)13(17)15-6-8-19-3/h5,7H,4,6,8H2,1-3H3,(H,15,17). The van der Waals surface area contributed by atoms with Gasteiger partial charge in [-0.2, -0.15) is 0 Å². The number of fused-ring (bicyclic) bond motifs is 1. The van der Waals surface area contributed by atoms with Gasteiger partial charge in [-0.3, -0.25) is 9.59 Å². The summed E-state index contributed by atoms with van der Waals surface area (Å²) in [5.41, 5.74) is 0.389. The zero-order valence-electron chi connectivity index (χ0n) is 11.9. The van der Waals surface area contributed by atoms with E-state index in [2.05, 4.69) is 5.32 Å². The van der Waals surface area contributed by atoms with Gasteiger partial charge in [0.2, 0.25) is 0 Å². The zero-order valence-corrected chi connectivity index (χ0v) is 12.7. The molecule has 0 atom stereocenters. The van der Waals surface area contributed by atoms with E-state index < -0.39 is 0 Å². The molecule has 1 N–H and O–H groups in total. The SMILES string of the molecule is CCn1ccc2sc(C)c(C(=O)NCCOC)c2c1=O. The average molecular weight is 294 g/mol. The third-order valence-electron chi connectivity index (χ3n) is 3.15. The summed E-state index contributed by atoms with van der Waals surface area (Å²) in [5.74, 6) is -0.211. The van der Waals surface area contributed by atoms with Crippen molar-refractivity contribution in [2.75, 3.05) is 20.3 Å². The minimum absolute atomic E-state index is 0.105. The van der Waals surface area contributed by atoms with Gasteiger partial charge in [-0.05, 0) is 19.9 Å². The van der Waals surface area contributed by atoms with Crippen molar-refractivity contribution in [1.29, 1.82) is 0 Å². The topological polar surface area (TPSA) is 60.3 Å². The lowest BCUT2D eigenvalue weighted by molar-refractivity contribution is 0.0938. The molecule has 0 aliphatic heterocycles. The van der Waals surface area contributed by atoms with Crippen LogP contribution < -0.4 is 10.9 Å². The van der Waals surface area contributed by atoms with Gasteiger partial charge in [0.1, 0.15) is 0 Å². The van der Waals surface area contributed by atoms with Crippen LogP contribution in [0.1, 0.15) is 22.2 Å². The first-order chi connectivity index (χ1) is 9.60. The fourth-order valence-electron chi connectivity index (χ4n) is 2.14. The minimum atomic E-state index is -0.211. The van der Waals surface area contributed by atoms with E-state index >= 15 is 0 Å². The third kappa shape index (κ3) is 2.62. The molecule has 2 rings (SSSR count). The lowest BCUT2D eigenvalue weighted by Crippen LogP contribution is -2.29. The molecule has 0 aliphatic rings. The molecule has 20 heavy (non-hydrogen) atoms. The number of aromatic nitrogens is 1. The van der Waals surface area contributed by atoms with Crippen LogP contribution in [0.4, 0.5) is 0 Å². The van der Waals surface area contributed by atoms with Crippen LogP contribution in [0.25, 0.3) is 10.1 Å². The predicted octanol–water partition coefficient (Wildman–Crippen LogP) is 1.77. The lowest BCUT2D eigenvalue weighted by atomic mass is 10.1. The highest BCUT2D eigenvalue weighted by Crippen LogP contribution is 2.28.